The number of sulfonamides is 1. The molecule has 2 heterocycles. The Hall–Kier alpha value is -1.51. The zero-order valence-electron chi connectivity index (χ0n) is 12.1. The number of ether oxygens (including phenoxy) is 1. The smallest absolute Gasteiger partial charge is 0.253 e. The van der Waals surface area contributed by atoms with Crippen molar-refractivity contribution in [2.24, 2.45) is 0 Å². The molecular weight excluding hydrogens is 294 g/mol. The van der Waals surface area contributed by atoms with E-state index in [0.29, 0.717) is 6.54 Å². The summed E-state index contributed by atoms with van der Waals surface area (Å²) in [6.07, 6.45) is 4.44. The molecule has 21 heavy (non-hydrogen) atoms. The van der Waals surface area contributed by atoms with E-state index in [0.717, 1.165) is 11.8 Å². The lowest BCUT2D eigenvalue weighted by Crippen LogP contribution is -2.59. The van der Waals surface area contributed by atoms with Crippen LogP contribution in [-0.4, -0.2) is 55.2 Å². The lowest BCUT2D eigenvalue weighted by atomic mass is 10.0. The molecule has 1 amide bonds. The Morgan fingerprint density at radius 1 is 1.57 bits per heavy atom. The van der Waals surface area contributed by atoms with E-state index in [1.54, 1.807) is 25.4 Å². The summed E-state index contributed by atoms with van der Waals surface area (Å²) < 4.78 is 30.0. The number of morpholine rings is 1. The second-order valence-electron chi connectivity index (χ2n) is 5.22. The number of carbonyl (C=O) groups is 1. The summed E-state index contributed by atoms with van der Waals surface area (Å²) in [5.74, 6) is -0.334. The van der Waals surface area contributed by atoms with Gasteiger partial charge in [-0.1, -0.05) is 6.07 Å². The number of amides is 1. The lowest BCUT2D eigenvalue weighted by molar-refractivity contribution is -0.152. The molecule has 1 N–H and O–H groups in total. The fourth-order valence-electron chi connectivity index (χ4n) is 2.13. The number of hydrogen-bond donors (Lipinski definition) is 1. The number of pyridine rings is 1. The van der Waals surface area contributed by atoms with Gasteiger partial charge in [-0.05, 0) is 18.6 Å². The van der Waals surface area contributed by atoms with Crippen LogP contribution in [0.1, 0.15) is 12.5 Å². The van der Waals surface area contributed by atoms with Crippen molar-refractivity contribution >= 4 is 15.9 Å². The third-order valence-corrected chi connectivity index (χ3v) is 4.61. The molecule has 0 unspecified atom stereocenters. The van der Waals surface area contributed by atoms with Crippen LogP contribution in [0.5, 0.6) is 0 Å². The standard InChI is InChI=1S/C13H19N3O4S/c1-13(10-16(6-7-20-13)21(2,18)19)12(17)15-9-11-4-3-5-14-8-11/h3-5,8H,6-7,9-10H2,1-2H3,(H,15,17)/t13-/m0/s1. The number of carbonyl (C=O) groups excluding carboxylic acids is 1. The second kappa shape index (κ2) is 6.08. The van der Waals surface area contributed by atoms with Gasteiger partial charge in [0.25, 0.3) is 5.91 Å². The quantitative estimate of drug-likeness (QED) is 0.828. The van der Waals surface area contributed by atoms with Crippen LogP contribution in [0.4, 0.5) is 0 Å². The summed E-state index contributed by atoms with van der Waals surface area (Å²) in [5, 5.41) is 2.76. The van der Waals surface area contributed by atoms with E-state index in [-0.39, 0.29) is 25.6 Å². The van der Waals surface area contributed by atoms with Crippen molar-refractivity contribution in [1.82, 2.24) is 14.6 Å². The molecule has 1 aromatic heterocycles. The number of aromatic nitrogens is 1. The SMILES string of the molecule is C[C@@]1(C(=O)NCc2cccnc2)CN(S(C)(=O)=O)CCO1. The van der Waals surface area contributed by atoms with Crippen LogP contribution in [0.2, 0.25) is 0 Å². The molecule has 0 radical (unpaired) electrons. The van der Waals surface area contributed by atoms with Crippen molar-refractivity contribution in [3.05, 3.63) is 30.1 Å². The highest BCUT2D eigenvalue weighted by Gasteiger charge is 2.41. The predicted octanol–water partition coefficient (Wildman–Crippen LogP) is -0.252. The van der Waals surface area contributed by atoms with E-state index < -0.39 is 15.6 Å². The highest BCUT2D eigenvalue weighted by Crippen LogP contribution is 2.20. The van der Waals surface area contributed by atoms with Gasteiger partial charge in [0, 0.05) is 25.5 Å². The van der Waals surface area contributed by atoms with Crippen molar-refractivity contribution in [2.45, 2.75) is 19.1 Å². The Kier molecular flexibility index (Phi) is 4.60. The molecule has 7 nitrogen and oxygen atoms in total. The summed E-state index contributed by atoms with van der Waals surface area (Å²) in [7, 11) is -3.33. The maximum atomic E-state index is 12.3. The van der Waals surface area contributed by atoms with Crippen LogP contribution in [0.15, 0.2) is 24.5 Å². The molecule has 116 valence electrons. The molecule has 8 heteroatoms. The predicted molar refractivity (Wildman–Crippen MR) is 76.9 cm³/mol. The molecule has 2 rings (SSSR count). The van der Waals surface area contributed by atoms with Gasteiger partial charge in [0.1, 0.15) is 0 Å². The maximum absolute atomic E-state index is 12.3. The Morgan fingerprint density at radius 2 is 2.33 bits per heavy atom. The number of nitrogens with zero attached hydrogens (tertiary/aromatic N) is 2. The van der Waals surface area contributed by atoms with E-state index in [4.69, 9.17) is 4.74 Å². The summed E-state index contributed by atoms with van der Waals surface area (Å²) in [4.78, 5) is 16.3. The Balaban J connectivity index is 2.00. The third-order valence-electron chi connectivity index (χ3n) is 3.36. The van der Waals surface area contributed by atoms with Gasteiger partial charge < -0.3 is 10.1 Å². The van der Waals surface area contributed by atoms with Crippen molar-refractivity contribution < 1.29 is 17.9 Å². The molecule has 0 bridgehead atoms. The van der Waals surface area contributed by atoms with Gasteiger partial charge in [-0.2, -0.15) is 4.31 Å². The second-order valence-corrected chi connectivity index (χ2v) is 7.20. The largest absolute Gasteiger partial charge is 0.363 e. The van der Waals surface area contributed by atoms with Gasteiger partial charge in [-0.15, -0.1) is 0 Å². The zero-order valence-corrected chi connectivity index (χ0v) is 12.9. The fourth-order valence-corrected chi connectivity index (χ4v) is 3.01. The molecule has 0 aliphatic carbocycles. The molecule has 1 aliphatic heterocycles. The molecule has 0 aromatic carbocycles. The Labute approximate surface area is 124 Å². The van der Waals surface area contributed by atoms with Crippen LogP contribution < -0.4 is 5.32 Å². The Bertz CT molecular complexity index is 605. The molecule has 0 spiro atoms. The molecule has 1 aliphatic rings. The van der Waals surface area contributed by atoms with Gasteiger partial charge in [0.2, 0.25) is 10.0 Å². The van der Waals surface area contributed by atoms with Gasteiger partial charge in [-0.25, -0.2) is 8.42 Å². The highest BCUT2D eigenvalue weighted by atomic mass is 32.2. The first-order valence-corrected chi connectivity index (χ1v) is 8.42. The number of rotatable bonds is 4. The topological polar surface area (TPSA) is 88.6 Å². The minimum Gasteiger partial charge on any atom is -0.363 e. The van der Waals surface area contributed by atoms with Crippen molar-refractivity contribution in [3.8, 4) is 0 Å². The van der Waals surface area contributed by atoms with E-state index in [1.165, 1.54) is 4.31 Å². The van der Waals surface area contributed by atoms with Crippen molar-refractivity contribution in [1.29, 1.82) is 0 Å². The van der Waals surface area contributed by atoms with E-state index in [1.807, 2.05) is 6.07 Å². The fraction of sp³-hybridized carbons (Fsp3) is 0.538. The van der Waals surface area contributed by atoms with Crippen LogP contribution in [0.25, 0.3) is 0 Å². The highest BCUT2D eigenvalue weighted by molar-refractivity contribution is 7.88. The molecule has 1 saturated heterocycles. The minimum absolute atomic E-state index is 0.0186. The van der Waals surface area contributed by atoms with Gasteiger partial charge in [0.05, 0.1) is 19.4 Å². The molecular formula is C13H19N3O4S. The average Bonchev–Trinajstić information content (AvgIpc) is 2.45. The first-order valence-electron chi connectivity index (χ1n) is 6.57. The molecule has 0 saturated carbocycles. The Morgan fingerprint density at radius 3 is 2.95 bits per heavy atom. The van der Waals surface area contributed by atoms with Crippen molar-refractivity contribution in [3.63, 3.8) is 0 Å². The number of hydrogen-bond acceptors (Lipinski definition) is 5. The number of nitrogens with one attached hydrogen (secondary N) is 1. The zero-order chi connectivity index (χ0) is 15.5. The normalized spacial score (nSPS) is 23.7. The van der Waals surface area contributed by atoms with Crippen LogP contribution >= 0.6 is 0 Å². The van der Waals surface area contributed by atoms with E-state index in [9.17, 15) is 13.2 Å². The molecule has 1 atom stereocenters. The summed E-state index contributed by atoms with van der Waals surface area (Å²) in [5.41, 5.74) is -0.311. The summed E-state index contributed by atoms with van der Waals surface area (Å²) >= 11 is 0. The first-order chi connectivity index (χ1) is 9.81. The molecule has 1 aromatic rings. The monoisotopic (exact) mass is 313 g/mol. The molecule has 1 fully saturated rings. The third kappa shape index (κ3) is 3.99. The van der Waals surface area contributed by atoms with Gasteiger partial charge in [0.15, 0.2) is 5.60 Å². The average molecular weight is 313 g/mol. The summed E-state index contributed by atoms with van der Waals surface area (Å²) in [6.45, 7) is 2.41. The van der Waals surface area contributed by atoms with E-state index in [2.05, 4.69) is 10.3 Å². The van der Waals surface area contributed by atoms with Crippen LogP contribution in [0.3, 0.4) is 0 Å². The summed E-state index contributed by atoms with van der Waals surface area (Å²) in [6, 6.07) is 3.63. The van der Waals surface area contributed by atoms with Crippen molar-refractivity contribution in [2.75, 3.05) is 26.0 Å². The first kappa shape index (κ1) is 15.9. The van der Waals surface area contributed by atoms with Crippen LogP contribution in [0, 0.1) is 0 Å². The van der Waals surface area contributed by atoms with Gasteiger partial charge >= 0.3 is 0 Å². The lowest BCUT2D eigenvalue weighted by Gasteiger charge is -2.37. The van der Waals surface area contributed by atoms with E-state index >= 15 is 0 Å². The minimum atomic E-state index is -3.33. The van der Waals surface area contributed by atoms with Crippen LogP contribution in [-0.2, 0) is 26.1 Å². The van der Waals surface area contributed by atoms with Gasteiger partial charge in [-0.3, -0.25) is 9.78 Å². The maximum Gasteiger partial charge on any atom is 0.253 e.